The summed E-state index contributed by atoms with van der Waals surface area (Å²) >= 11 is 0. The molecule has 1 saturated carbocycles. The van der Waals surface area contributed by atoms with E-state index in [-0.39, 0.29) is 0 Å². The van der Waals surface area contributed by atoms with Crippen LogP contribution in [0.1, 0.15) is 19.8 Å². The van der Waals surface area contributed by atoms with Crippen molar-refractivity contribution >= 4 is 0 Å². The van der Waals surface area contributed by atoms with Crippen molar-refractivity contribution in [2.24, 2.45) is 0 Å². The molecule has 0 unspecified atom stereocenters. The molecule has 0 aromatic carbocycles. The zero-order valence-electron chi connectivity index (χ0n) is 8.43. The summed E-state index contributed by atoms with van der Waals surface area (Å²) in [5.74, 6) is 0. The Hall–Kier alpha value is -0.150. The predicted molar refractivity (Wildman–Crippen MR) is 51.6 cm³/mol. The highest BCUT2D eigenvalue weighted by Gasteiger charge is 2.44. The minimum Gasteiger partial charge on any atom is -0.301 e. The van der Waals surface area contributed by atoms with E-state index in [0.717, 1.165) is 45.6 Å². The van der Waals surface area contributed by atoms with Crippen molar-refractivity contribution in [3.05, 3.63) is 0 Å². The van der Waals surface area contributed by atoms with Gasteiger partial charge in [-0.25, -0.2) is 4.39 Å². The first kappa shape index (κ1) is 9.41. The molecule has 3 heteroatoms. The van der Waals surface area contributed by atoms with E-state index < -0.39 is 5.67 Å². The fourth-order valence-electron chi connectivity index (χ4n) is 1.96. The maximum Gasteiger partial charge on any atom is 0.123 e. The maximum absolute atomic E-state index is 13.4. The molecule has 0 radical (unpaired) electrons. The second kappa shape index (κ2) is 3.54. The van der Waals surface area contributed by atoms with Gasteiger partial charge in [0, 0.05) is 32.7 Å². The summed E-state index contributed by atoms with van der Waals surface area (Å²) in [6.45, 7) is 8.35. The molecule has 0 amide bonds. The van der Waals surface area contributed by atoms with Gasteiger partial charge in [0.05, 0.1) is 0 Å². The number of rotatable bonds is 3. The summed E-state index contributed by atoms with van der Waals surface area (Å²) in [5.41, 5.74) is -0.797. The molecule has 2 fully saturated rings. The molecule has 0 spiro atoms. The summed E-state index contributed by atoms with van der Waals surface area (Å²) in [7, 11) is 0. The largest absolute Gasteiger partial charge is 0.301 e. The number of alkyl halides is 1. The van der Waals surface area contributed by atoms with Crippen LogP contribution in [-0.2, 0) is 0 Å². The molecule has 0 aromatic rings. The summed E-state index contributed by atoms with van der Waals surface area (Å²) in [6.07, 6.45) is 1.59. The molecule has 76 valence electrons. The molecular weight excluding hydrogens is 167 g/mol. The standard InChI is InChI=1S/C10H19FN2/c1-2-12-5-7-13(8-6-12)9-10(11)3-4-10/h2-9H2,1H3. The van der Waals surface area contributed by atoms with Gasteiger partial charge in [-0.15, -0.1) is 0 Å². The number of halogens is 1. The van der Waals surface area contributed by atoms with E-state index in [0.29, 0.717) is 6.54 Å². The number of hydrogen-bond acceptors (Lipinski definition) is 2. The Morgan fingerprint density at radius 3 is 2.08 bits per heavy atom. The van der Waals surface area contributed by atoms with E-state index >= 15 is 0 Å². The van der Waals surface area contributed by atoms with Crippen LogP contribution in [0.3, 0.4) is 0 Å². The van der Waals surface area contributed by atoms with Crippen LogP contribution in [0.25, 0.3) is 0 Å². The summed E-state index contributed by atoms with van der Waals surface area (Å²) in [4.78, 5) is 4.70. The van der Waals surface area contributed by atoms with Crippen LogP contribution >= 0.6 is 0 Å². The van der Waals surface area contributed by atoms with Crippen LogP contribution < -0.4 is 0 Å². The number of piperazine rings is 1. The fraction of sp³-hybridized carbons (Fsp3) is 1.00. The SMILES string of the molecule is CCN1CCN(CC2(F)CC2)CC1. The van der Waals surface area contributed by atoms with Crippen molar-refractivity contribution in [2.45, 2.75) is 25.4 Å². The zero-order chi connectivity index (χ0) is 9.31. The molecule has 0 N–H and O–H groups in total. The molecule has 1 aliphatic carbocycles. The van der Waals surface area contributed by atoms with E-state index in [1.165, 1.54) is 0 Å². The molecule has 2 nitrogen and oxygen atoms in total. The van der Waals surface area contributed by atoms with Gasteiger partial charge in [0.25, 0.3) is 0 Å². The lowest BCUT2D eigenvalue weighted by Crippen LogP contribution is -2.48. The molecule has 2 aliphatic rings. The average molecular weight is 186 g/mol. The van der Waals surface area contributed by atoms with Gasteiger partial charge in [-0.3, -0.25) is 4.90 Å². The summed E-state index contributed by atoms with van der Waals surface area (Å²) in [5, 5.41) is 0. The third kappa shape index (κ3) is 2.41. The topological polar surface area (TPSA) is 6.48 Å². The van der Waals surface area contributed by atoms with Crippen molar-refractivity contribution in [3.63, 3.8) is 0 Å². The van der Waals surface area contributed by atoms with Gasteiger partial charge in [-0.05, 0) is 19.4 Å². The number of nitrogens with zero attached hydrogens (tertiary/aromatic N) is 2. The Morgan fingerprint density at radius 2 is 1.62 bits per heavy atom. The van der Waals surface area contributed by atoms with Crippen molar-refractivity contribution in [2.75, 3.05) is 39.3 Å². The highest BCUT2D eigenvalue weighted by Crippen LogP contribution is 2.40. The first-order valence-corrected chi connectivity index (χ1v) is 5.35. The third-order valence-corrected chi connectivity index (χ3v) is 3.21. The fourth-order valence-corrected chi connectivity index (χ4v) is 1.96. The molecule has 0 aromatic heterocycles. The summed E-state index contributed by atoms with van der Waals surface area (Å²) < 4.78 is 13.4. The summed E-state index contributed by atoms with van der Waals surface area (Å²) in [6, 6.07) is 0. The third-order valence-electron chi connectivity index (χ3n) is 3.21. The predicted octanol–water partition coefficient (Wildman–Crippen LogP) is 1.13. The van der Waals surface area contributed by atoms with E-state index in [1.807, 2.05) is 0 Å². The lowest BCUT2D eigenvalue weighted by atomic mass is 10.2. The Morgan fingerprint density at radius 1 is 1.08 bits per heavy atom. The van der Waals surface area contributed by atoms with Crippen molar-refractivity contribution in [1.82, 2.24) is 9.80 Å². The van der Waals surface area contributed by atoms with Gasteiger partial charge in [0.1, 0.15) is 5.67 Å². The zero-order valence-corrected chi connectivity index (χ0v) is 8.43. The maximum atomic E-state index is 13.4. The normalized spacial score (nSPS) is 29.1. The van der Waals surface area contributed by atoms with Gasteiger partial charge >= 0.3 is 0 Å². The van der Waals surface area contributed by atoms with Crippen LogP contribution in [0, 0.1) is 0 Å². The van der Waals surface area contributed by atoms with Crippen molar-refractivity contribution < 1.29 is 4.39 Å². The van der Waals surface area contributed by atoms with Gasteiger partial charge in [-0.1, -0.05) is 6.92 Å². The van der Waals surface area contributed by atoms with Gasteiger partial charge in [0.2, 0.25) is 0 Å². The van der Waals surface area contributed by atoms with E-state index in [1.54, 1.807) is 0 Å². The highest BCUT2D eigenvalue weighted by atomic mass is 19.1. The Labute approximate surface area is 79.7 Å². The Balaban J connectivity index is 1.72. The number of hydrogen-bond donors (Lipinski definition) is 0. The minimum absolute atomic E-state index is 0.685. The Bertz CT molecular complexity index is 172. The van der Waals surface area contributed by atoms with Crippen LogP contribution in [-0.4, -0.2) is 54.7 Å². The Kier molecular flexibility index (Phi) is 2.56. The lowest BCUT2D eigenvalue weighted by molar-refractivity contribution is 0.103. The van der Waals surface area contributed by atoms with Crippen LogP contribution in [0.4, 0.5) is 4.39 Å². The van der Waals surface area contributed by atoms with E-state index in [2.05, 4.69) is 16.7 Å². The second-order valence-corrected chi connectivity index (χ2v) is 4.36. The van der Waals surface area contributed by atoms with E-state index in [9.17, 15) is 4.39 Å². The molecular formula is C10H19FN2. The molecule has 0 atom stereocenters. The monoisotopic (exact) mass is 186 g/mol. The molecule has 0 bridgehead atoms. The minimum atomic E-state index is -0.797. The first-order chi connectivity index (χ1) is 6.22. The van der Waals surface area contributed by atoms with Gasteiger partial charge in [-0.2, -0.15) is 0 Å². The molecule has 1 aliphatic heterocycles. The van der Waals surface area contributed by atoms with Crippen LogP contribution in [0.2, 0.25) is 0 Å². The second-order valence-electron chi connectivity index (χ2n) is 4.36. The van der Waals surface area contributed by atoms with Crippen LogP contribution in [0.15, 0.2) is 0 Å². The van der Waals surface area contributed by atoms with Crippen molar-refractivity contribution in [3.8, 4) is 0 Å². The first-order valence-electron chi connectivity index (χ1n) is 5.35. The van der Waals surface area contributed by atoms with E-state index in [4.69, 9.17) is 0 Å². The molecule has 1 heterocycles. The van der Waals surface area contributed by atoms with Gasteiger partial charge < -0.3 is 4.90 Å². The quantitative estimate of drug-likeness (QED) is 0.652. The molecule has 2 rings (SSSR count). The van der Waals surface area contributed by atoms with Crippen LogP contribution in [0.5, 0.6) is 0 Å². The smallest absolute Gasteiger partial charge is 0.123 e. The average Bonchev–Trinajstić information content (AvgIpc) is 2.85. The molecule has 1 saturated heterocycles. The molecule has 13 heavy (non-hydrogen) atoms. The highest BCUT2D eigenvalue weighted by molar-refractivity contribution is 4.97. The lowest BCUT2D eigenvalue weighted by Gasteiger charge is -2.34. The van der Waals surface area contributed by atoms with Gasteiger partial charge in [0.15, 0.2) is 0 Å². The number of likely N-dealkylation sites (N-methyl/N-ethyl adjacent to an activating group) is 1. The van der Waals surface area contributed by atoms with Crippen molar-refractivity contribution in [1.29, 1.82) is 0 Å².